The van der Waals surface area contributed by atoms with Gasteiger partial charge in [0.2, 0.25) is 0 Å². The molecule has 1 aromatic heterocycles. The Labute approximate surface area is 110 Å². The molecule has 0 spiro atoms. The molecule has 0 radical (unpaired) electrons. The molecule has 2 rings (SSSR count). The summed E-state index contributed by atoms with van der Waals surface area (Å²) in [5, 5.41) is 2.78. The van der Waals surface area contributed by atoms with Crippen LogP contribution in [0.5, 0.6) is 11.5 Å². The number of ether oxygens (including phenoxy) is 2. The van der Waals surface area contributed by atoms with Crippen LogP contribution in [-0.4, -0.2) is 30.1 Å². The van der Waals surface area contributed by atoms with Gasteiger partial charge in [-0.25, -0.2) is 4.98 Å². The first kappa shape index (κ1) is 12.9. The van der Waals surface area contributed by atoms with Gasteiger partial charge in [0, 0.05) is 6.54 Å². The van der Waals surface area contributed by atoms with Crippen molar-refractivity contribution in [1.29, 1.82) is 0 Å². The largest absolute Gasteiger partial charge is 0.493 e. The summed E-state index contributed by atoms with van der Waals surface area (Å²) in [4.78, 5) is 18.3. The molecule has 0 saturated heterocycles. The predicted octanol–water partition coefficient (Wildman–Crippen LogP) is 1.36. The van der Waals surface area contributed by atoms with Gasteiger partial charge in [-0.05, 0) is 17.7 Å². The summed E-state index contributed by atoms with van der Waals surface area (Å²) in [6, 6.07) is 5.50. The molecule has 0 unspecified atom stereocenters. The van der Waals surface area contributed by atoms with Gasteiger partial charge in [0.25, 0.3) is 5.91 Å². The van der Waals surface area contributed by atoms with Crippen molar-refractivity contribution in [3.05, 3.63) is 42.0 Å². The first-order valence-electron chi connectivity index (χ1n) is 5.72. The van der Waals surface area contributed by atoms with E-state index in [0.29, 0.717) is 23.7 Å². The van der Waals surface area contributed by atoms with Crippen molar-refractivity contribution in [1.82, 2.24) is 15.3 Å². The second-order valence-corrected chi connectivity index (χ2v) is 3.84. The van der Waals surface area contributed by atoms with Crippen LogP contribution >= 0.6 is 0 Å². The molecular formula is C13H15N3O3. The topological polar surface area (TPSA) is 76.2 Å². The monoisotopic (exact) mass is 261 g/mol. The van der Waals surface area contributed by atoms with E-state index in [-0.39, 0.29) is 5.91 Å². The van der Waals surface area contributed by atoms with Gasteiger partial charge in [0.15, 0.2) is 11.5 Å². The van der Waals surface area contributed by atoms with Crippen LogP contribution in [0.15, 0.2) is 30.7 Å². The molecule has 6 heteroatoms. The van der Waals surface area contributed by atoms with Crippen LogP contribution < -0.4 is 14.8 Å². The number of aromatic nitrogens is 2. The average Bonchev–Trinajstić information content (AvgIpc) is 2.98. The second-order valence-electron chi connectivity index (χ2n) is 3.84. The van der Waals surface area contributed by atoms with Gasteiger partial charge in [-0.3, -0.25) is 4.79 Å². The molecule has 0 fully saturated rings. The van der Waals surface area contributed by atoms with Gasteiger partial charge < -0.3 is 19.8 Å². The van der Waals surface area contributed by atoms with Crippen molar-refractivity contribution in [2.45, 2.75) is 6.54 Å². The van der Waals surface area contributed by atoms with E-state index in [1.165, 1.54) is 12.5 Å². The summed E-state index contributed by atoms with van der Waals surface area (Å²) in [5.74, 6) is 1.09. The lowest BCUT2D eigenvalue weighted by molar-refractivity contribution is 0.0946. The molecule has 0 aliphatic carbocycles. The van der Waals surface area contributed by atoms with E-state index in [9.17, 15) is 4.79 Å². The molecule has 0 aliphatic rings. The number of carbonyl (C=O) groups is 1. The highest BCUT2D eigenvalue weighted by Crippen LogP contribution is 2.27. The number of imidazole rings is 1. The molecule has 1 aromatic carbocycles. The third-order valence-corrected chi connectivity index (χ3v) is 2.64. The fraction of sp³-hybridized carbons (Fsp3) is 0.231. The lowest BCUT2D eigenvalue weighted by Gasteiger charge is -2.10. The van der Waals surface area contributed by atoms with Gasteiger partial charge in [-0.15, -0.1) is 0 Å². The van der Waals surface area contributed by atoms with Crippen molar-refractivity contribution in [2.75, 3.05) is 14.2 Å². The van der Waals surface area contributed by atoms with Crippen molar-refractivity contribution in [3.8, 4) is 11.5 Å². The summed E-state index contributed by atoms with van der Waals surface area (Å²) in [6.07, 6.45) is 2.94. The number of carbonyl (C=O) groups excluding carboxylic acids is 1. The molecule has 19 heavy (non-hydrogen) atoms. The highest BCUT2D eigenvalue weighted by atomic mass is 16.5. The van der Waals surface area contributed by atoms with Crippen LogP contribution in [0.2, 0.25) is 0 Å². The molecule has 6 nitrogen and oxygen atoms in total. The zero-order valence-corrected chi connectivity index (χ0v) is 10.8. The lowest BCUT2D eigenvalue weighted by atomic mass is 10.2. The van der Waals surface area contributed by atoms with Crippen molar-refractivity contribution in [2.24, 2.45) is 0 Å². The molecule has 0 saturated carbocycles. The van der Waals surface area contributed by atoms with Gasteiger partial charge in [0.05, 0.1) is 26.7 Å². The zero-order valence-electron chi connectivity index (χ0n) is 10.8. The summed E-state index contributed by atoms with van der Waals surface area (Å²) in [7, 11) is 3.16. The number of nitrogens with zero attached hydrogens (tertiary/aromatic N) is 1. The lowest BCUT2D eigenvalue weighted by Crippen LogP contribution is -2.23. The molecule has 0 atom stereocenters. The maximum Gasteiger partial charge on any atom is 0.269 e. The van der Waals surface area contributed by atoms with E-state index < -0.39 is 0 Å². The molecule has 2 aromatic rings. The zero-order chi connectivity index (χ0) is 13.7. The van der Waals surface area contributed by atoms with E-state index in [1.807, 2.05) is 12.1 Å². The summed E-state index contributed by atoms with van der Waals surface area (Å²) >= 11 is 0. The fourth-order valence-corrected chi connectivity index (χ4v) is 1.65. The maximum atomic E-state index is 11.7. The first-order valence-corrected chi connectivity index (χ1v) is 5.72. The Bertz CT molecular complexity index is 552. The predicted molar refractivity (Wildman–Crippen MR) is 69.3 cm³/mol. The number of benzene rings is 1. The van der Waals surface area contributed by atoms with Crippen LogP contribution in [0.3, 0.4) is 0 Å². The number of amides is 1. The van der Waals surface area contributed by atoms with E-state index >= 15 is 0 Å². The van der Waals surface area contributed by atoms with Crippen molar-refractivity contribution in [3.63, 3.8) is 0 Å². The first-order chi connectivity index (χ1) is 9.24. The van der Waals surface area contributed by atoms with E-state index in [0.717, 1.165) is 5.56 Å². The normalized spacial score (nSPS) is 10.0. The summed E-state index contributed by atoms with van der Waals surface area (Å²) < 4.78 is 10.4. The van der Waals surface area contributed by atoms with Gasteiger partial charge in [-0.2, -0.15) is 0 Å². The van der Waals surface area contributed by atoms with Gasteiger partial charge in [-0.1, -0.05) is 6.07 Å². The highest BCUT2D eigenvalue weighted by molar-refractivity contribution is 5.91. The quantitative estimate of drug-likeness (QED) is 0.852. The minimum Gasteiger partial charge on any atom is -0.493 e. The average molecular weight is 261 g/mol. The number of aromatic amines is 1. The van der Waals surface area contributed by atoms with Crippen LogP contribution in [0.1, 0.15) is 16.1 Å². The number of hydrogen-bond donors (Lipinski definition) is 2. The van der Waals surface area contributed by atoms with E-state index in [4.69, 9.17) is 9.47 Å². The fourth-order valence-electron chi connectivity index (χ4n) is 1.65. The summed E-state index contributed by atoms with van der Waals surface area (Å²) in [5.41, 5.74) is 1.35. The number of methoxy groups -OCH3 is 2. The Kier molecular flexibility index (Phi) is 4.02. The van der Waals surface area contributed by atoms with Crippen LogP contribution in [0.25, 0.3) is 0 Å². The van der Waals surface area contributed by atoms with Crippen LogP contribution in [0.4, 0.5) is 0 Å². The molecular weight excluding hydrogens is 246 g/mol. The SMILES string of the molecule is COc1ccc(CNC(=O)c2cnc[nH]2)cc1OC. The van der Waals surface area contributed by atoms with E-state index in [1.54, 1.807) is 20.3 Å². The third kappa shape index (κ3) is 3.04. The molecule has 1 amide bonds. The molecule has 2 N–H and O–H groups in total. The Hall–Kier alpha value is -2.50. The number of hydrogen-bond acceptors (Lipinski definition) is 4. The minimum absolute atomic E-state index is 0.202. The number of nitrogens with one attached hydrogen (secondary N) is 2. The highest BCUT2D eigenvalue weighted by Gasteiger charge is 2.08. The Balaban J connectivity index is 2.02. The minimum atomic E-state index is -0.202. The number of H-pyrrole nitrogens is 1. The smallest absolute Gasteiger partial charge is 0.269 e. The van der Waals surface area contributed by atoms with Crippen molar-refractivity contribution >= 4 is 5.91 Å². The standard InChI is InChI=1S/C13H15N3O3/c1-18-11-4-3-9(5-12(11)19-2)6-15-13(17)10-7-14-8-16-10/h3-5,7-8H,6H2,1-2H3,(H,14,16)(H,15,17). The molecule has 0 aliphatic heterocycles. The molecule has 100 valence electrons. The molecule has 1 heterocycles. The van der Waals surface area contributed by atoms with Gasteiger partial charge >= 0.3 is 0 Å². The Morgan fingerprint density at radius 2 is 2.11 bits per heavy atom. The van der Waals surface area contributed by atoms with Crippen molar-refractivity contribution < 1.29 is 14.3 Å². The molecule has 0 bridgehead atoms. The third-order valence-electron chi connectivity index (χ3n) is 2.64. The summed E-state index contributed by atoms with van der Waals surface area (Å²) in [6.45, 7) is 0.401. The van der Waals surface area contributed by atoms with E-state index in [2.05, 4.69) is 15.3 Å². The Morgan fingerprint density at radius 1 is 1.32 bits per heavy atom. The maximum absolute atomic E-state index is 11.7. The Morgan fingerprint density at radius 3 is 2.74 bits per heavy atom. The van der Waals surface area contributed by atoms with Crippen LogP contribution in [-0.2, 0) is 6.54 Å². The second kappa shape index (κ2) is 5.90. The van der Waals surface area contributed by atoms with Crippen LogP contribution in [0, 0.1) is 0 Å². The number of rotatable bonds is 5. The van der Waals surface area contributed by atoms with Gasteiger partial charge in [0.1, 0.15) is 5.69 Å².